The Balaban J connectivity index is -0.000000140. The SMILES string of the molecule is O=[P+]([O-])O[P+](=O)[O-].OCCl.[Mg+2]. The second-order valence-electron chi connectivity index (χ2n) is 0.648. The van der Waals surface area contributed by atoms with E-state index in [4.69, 9.17) is 5.11 Å². The monoisotopic (exact) mass is 232 g/mol. The van der Waals surface area contributed by atoms with E-state index in [1.54, 1.807) is 0 Å². The molecule has 0 aliphatic rings. The van der Waals surface area contributed by atoms with Crippen LogP contribution >= 0.6 is 28.1 Å². The van der Waals surface area contributed by atoms with Crippen LogP contribution in [0.3, 0.4) is 0 Å². The molecule has 0 aromatic carbocycles. The van der Waals surface area contributed by atoms with Gasteiger partial charge in [-0.25, -0.2) is 0 Å². The van der Waals surface area contributed by atoms with Crippen molar-refractivity contribution in [3.63, 3.8) is 0 Å². The molecule has 0 heterocycles. The fourth-order valence-electron chi connectivity index (χ4n) is 0.0544. The summed E-state index contributed by atoms with van der Waals surface area (Å²) in [5.41, 5.74) is 0. The predicted octanol–water partition coefficient (Wildman–Crippen LogP) is -1.17. The number of alkyl halides is 1. The third kappa shape index (κ3) is 35.4. The van der Waals surface area contributed by atoms with E-state index in [-0.39, 0.29) is 29.1 Å². The summed E-state index contributed by atoms with van der Waals surface area (Å²) in [7, 11) is -6.47. The second-order valence-corrected chi connectivity index (χ2v) is 2.44. The van der Waals surface area contributed by atoms with Gasteiger partial charge in [0, 0.05) is 0 Å². The van der Waals surface area contributed by atoms with E-state index in [9.17, 15) is 18.9 Å². The molecule has 0 aromatic rings. The molecule has 10 heteroatoms. The normalized spacial score (nSPS) is 10.2. The van der Waals surface area contributed by atoms with Crippen LogP contribution in [0.5, 0.6) is 0 Å². The maximum absolute atomic E-state index is 9.24. The van der Waals surface area contributed by atoms with Gasteiger partial charge in [0.05, 0.1) is 0 Å². The van der Waals surface area contributed by atoms with Crippen molar-refractivity contribution in [3.05, 3.63) is 0 Å². The summed E-state index contributed by atoms with van der Waals surface area (Å²) in [6.45, 7) is 0. The van der Waals surface area contributed by atoms with Gasteiger partial charge >= 0.3 is 39.6 Å². The molecule has 0 aromatic heterocycles. The van der Waals surface area contributed by atoms with Crippen LogP contribution in [-0.4, -0.2) is 34.2 Å². The average Bonchev–Trinajstić information content (AvgIpc) is 1.62. The Morgan fingerprint density at radius 1 is 1.36 bits per heavy atom. The van der Waals surface area contributed by atoms with Crippen molar-refractivity contribution in [3.8, 4) is 0 Å². The second kappa shape index (κ2) is 13.7. The summed E-state index contributed by atoms with van der Waals surface area (Å²) >= 11 is 4.55. The molecule has 0 radical (unpaired) electrons. The quantitative estimate of drug-likeness (QED) is 0.365. The number of rotatable bonds is 2. The first-order chi connectivity index (χ1) is 4.54. The fourth-order valence-corrected chi connectivity index (χ4v) is 0.490. The van der Waals surface area contributed by atoms with Gasteiger partial charge in [0.2, 0.25) is 0 Å². The number of aliphatic hydroxyl groups is 1. The minimum atomic E-state index is -3.24. The van der Waals surface area contributed by atoms with Gasteiger partial charge in [-0.15, -0.1) is 0 Å². The van der Waals surface area contributed by atoms with Crippen molar-refractivity contribution in [2.45, 2.75) is 0 Å². The molecule has 0 bridgehead atoms. The van der Waals surface area contributed by atoms with Gasteiger partial charge in [0.15, 0.2) is 0 Å². The minimum Gasteiger partial charge on any atom is -0.563 e. The summed E-state index contributed by atoms with van der Waals surface area (Å²) in [5.74, 6) is 0. The molecule has 0 saturated heterocycles. The van der Waals surface area contributed by atoms with Crippen LogP contribution in [0.15, 0.2) is 0 Å². The first-order valence-corrected chi connectivity index (χ1v) is 4.40. The molecule has 2 unspecified atom stereocenters. The summed E-state index contributed by atoms with van der Waals surface area (Å²) < 4.78 is 21.6. The van der Waals surface area contributed by atoms with Crippen molar-refractivity contribution in [2.24, 2.45) is 0 Å². The van der Waals surface area contributed by atoms with E-state index in [0.29, 0.717) is 0 Å². The van der Waals surface area contributed by atoms with Crippen molar-refractivity contribution in [2.75, 3.05) is 6.07 Å². The van der Waals surface area contributed by atoms with E-state index < -0.39 is 16.5 Å². The summed E-state index contributed by atoms with van der Waals surface area (Å²) in [4.78, 5) is 18.5. The van der Waals surface area contributed by atoms with Gasteiger partial charge in [-0.3, -0.25) is 0 Å². The summed E-state index contributed by atoms with van der Waals surface area (Å²) in [6, 6.07) is -0.278. The van der Waals surface area contributed by atoms with Gasteiger partial charge < -0.3 is 14.9 Å². The molecule has 11 heavy (non-hydrogen) atoms. The van der Waals surface area contributed by atoms with E-state index in [2.05, 4.69) is 15.9 Å². The molecular formula is CH3ClMgO6P2+2. The van der Waals surface area contributed by atoms with Gasteiger partial charge in [-0.2, -0.15) is 0 Å². The zero-order chi connectivity index (χ0) is 8.57. The zero-order valence-electron chi connectivity index (χ0n) is 5.18. The first kappa shape index (κ1) is 18.0. The molecule has 0 rings (SSSR count). The summed E-state index contributed by atoms with van der Waals surface area (Å²) in [6.07, 6.45) is 0. The number of hydrogen-bond acceptors (Lipinski definition) is 6. The molecular weight excluding hydrogens is 230 g/mol. The Labute approximate surface area is 85.6 Å². The van der Waals surface area contributed by atoms with Crippen LogP contribution < -0.4 is 9.79 Å². The van der Waals surface area contributed by atoms with Gasteiger partial charge in [-0.1, -0.05) is 11.6 Å². The third-order valence-electron chi connectivity index (χ3n) is 0.133. The Hall–Kier alpha value is 1.10. The van der Waals surface area contributed by atoms with Crippen LogP contribution in [0.4, 0.5) is 0 Å². The fraction of sp³-hybridized carbons (Fsp3) is 1.00. The van der Waals surface area contributed by atoms with Crippen molar-refractivity contribution < 1.29 is 28.3 Å². The maximum Gasteiger partial charge on any atom is 2.00 e. The maximum atomic E-state index is 9.24. The molecule has 6 nitrogen and oxygen atoms in total. The molecule has 0 aliphatic heterocycles. The molecule has 0 amide bonds. The molecule has 2 atom stereocenters. The van der Waals surface area contributed by atoms with Crippen LogP contribution in [0.25, 0.3) is 0 Å². The third-order valence-corrected chi connectivity index (χ3v) is 1.20. The van der Waals surface area contributed by atoms with Gasteiger partial charge in [0.25, 0.3) is 0 Å². The zero-order valence-corrected chi connectivity index (χ0v) is 9.13. The number of hydrogen-bond donors (Lipinski definition) is 1. The van der Waals surface area contributed by atoms with E-state index in [1.165, 1.54) is 0 Å². The molecule has 0 fully saturated rings. The number of aliphatic hydroxyl groups excluding tert-OH is 1. The Morgan fingerprint density at radius 2 is 1.55 bits per heavy atom. The molecule has 0 aliphatic carbocycles. The van der Waals surface area contributed by atoms with Gasteiger partial charge in [0.1, 0.15) is 10.4 Å². The average molecular weight is 233 g/mol. The van der Waals surface area contributed by atoms with Crippen LogP contribution in [-0.2, 0) is 13.4 Å². The first-order valence-electron chi connectivity index (χ1n) is 1.68. The van der Waals surface area contributed by atoms with Crippen molar-refractivity contribution in [1.82, 2.24) is 0 Å². The van der Waals surface area contributed by atoms with Crippen LogP contribution in [0.1, 0.15) is 0 Å². The van der Waals surface area contributed by atoms with E-state index in [0.717, 1.165) is 0 Å². The molecule has 1 N–H and O–H groups in total. The molecule has 0 spiro atoms. The van der Waals surface area contributed by atoms with E-state index in [1.807, 2.05) is 0 Å². The largest absolute Gasteiger partial charge is 2.00 e. The Bertz CT molecular complexity index is 107. The predicted molar refractivity (Wildman–Crippen MR) is 35.0 cm³/mol. The topological polar surface area (TPSA) is 110 Å². The Kier molecular flexibility index (Phi) is 22.4. The minimum absolute atomic E-state index is 0. The van der Waals surface area contributed by atoms with E-state index >= 15 is 0 Å². The van der Waals surface area contributed by atoms with Gasteiger partial charge in [-0.05, 0) is 9.13 Å². The van der Waals surface area contributed by atoms with Crippen LogP contribution in [0.2, 0.25) is 0 Å². The molecule has 60 valence electrons. The Morgan fingerprint density at radius 3 is 1.55 bits per heavy atom. The number of halogens is 1. The van der Waals surface area contributed by atoms with Crippen LogP contribution in [0, 0.1) is 0 Å². The van der Waals surface area contributed by atoms with Crippen molar-refractivity contribution in [1.29, 1.82) is 0 Å². The molecule has 0 saturated carbocycles. The van der Waals surface area contributed by atoms with Crippen molar-refractivity contribution >= 4 is 51.2 Å². The standard InChI is InChI=1S/CH3ClO.Mg.O5P2/c2-1-3;;1-6(2)5-7(3)4/h3H,1H2;;/q;+2;. The smallest absolute Gasteiger partial charge is 0.563 e. The summed E-state index contributed by atoms with van der Waals surface area (Å²) in [5, 5.41) is 7.33.